The summed E-state index contributed by atoms with van der Waals surface area (Å²) in [5.74, 6) is -2.43. The molecule has 0 aromatic carbocycles. The van der Waals surface area contributed by atoms with Crippen LogP contribution >= 0.6 is 0 Å². The minimum atomic E-state index is -2.43. The summed E-state index contributed by atoms with van der Waals surface area (Å²) >= 11 is 0. The average molecular weight is 194 g/mol. The fraction of sp³-hybridized carbons (Fsp3) is 1.00. The van der Waals surface area contributed by atoms with Gasteiger partial charge in [0.2, 0.25) is 0 Å². The molecule has 0 aromatic heterocycles. The molecule has 0 atom stereocenters. The molecular formula is C9H16F2O2. The van der Waals surface area contributed by atoms with Gasteiger partial charge >= 0.3 is 0 Å². The lowest BCUT2D eigenvalue weighted by Gasteiger charge is -2.33. The average Bonchev–Trinajstić information content (AvgIpc) is 2.83. The van der Waals surface area contributed by atoms with E-state index in [0.717, 1.165) is 0 Å². The minimum absolute atomic E-state index is 0.0938. The number of methoxy groups -OCH3 is 2. The van der Waals surface area contributed by atoms with E-state index in [1.165, 1.54) is 20.0 Å². The minimum Gasteiger partial charge on any atom is -0.381 e. The molecule has 0 aromatic rings. The smallest absolute Gasteiger partial charge is 0.253 e. The highest BCUT2D eigenvalue weighted by molar-refractivity contribution is 4.86. The molecule has 2 nitrogen and oxygen atoms in total. The van der Waals surface area contributed by atoms with Crippen LogP contribution < -0.4 is 0 Å². The zero-order valence-electron chi connectivity index (χ0n) is 8.06. The molecule has 2 aliphatic rings. The van der Waals surface area contributed by atoms with E-state index < -0.39 is 5.92 Å². The van der Waals surface area contributed by atoms with Crippen molar-refractivity contribution in [1.82, 2.24) is 0 Å². The Morgan fingerprint density at radius 1 is 1.00 bits per heavy atom. The Bertz CT molecular complexity index is 150. The van der Waals surface area contributed by atoms with Gasteiger partial charge in [0.25, 0.3) is 5.92 Å². The molecule has 0 radical (unpaired) electrons. The molecule has 78 valence electrons. The summed E-state index contributed by atoms with van der Waals surface area (Å²) in [5, 5.41) is 0. The first kappa shape index (κ1) is 10.9. The van der Waals surface area contributed by atoms with Crippen molar-refractivity contribution in [2.75, 3.05) is 14.2 Å². The van der Waals surface area contributed by atoms with Crippen LogP contribution in [0.25, 0.3) is 0 Å². The van der Waals surface area contributed by atoms with Crippen LogP contribution in [0.1, 0.15) is 25.7 Å². The maximum atomic E-state index is 11.9. The van der Waals surface area contributed by atoms with Gasteiger partial charge in [0.05, 0.1) is 12.2 Å². The van der Waals surface area contributed by atoms with Gasteiger partial charge in [0.15, 0.2) is 0 Å². The summed E-state index contributed by atoms with van der Waals surface area (Å²) in [6.45, 7) is 0. The van der Waals surface area contributed by atoms with E-state index >= 15 is 0 Å². The van der Waals surface area contributed by atoms with Crippen molar-refractivity contribution >= 4 is 0 Å². The van der Waals surface area contributed by atoms with Crippen molar-refractivity contribution < 1.29 is 18.3 Å². The summed E-state index contributed by atoms with van der Waals surface area (Å²) in [7, 11) is 3.22. The molecule has 0 heterocycles. The third-order valence-electron chi connectivity index (χ3n) is 2.24. The van der Waals surface area contributed by atoms with Crippen LogP contribution in [0.15, 0.2) is 0 Å². The van der Waals surface area contributed by atoms with Crippen LogP contribution in [-0.2, 0) is 9.47 Å². The number of halogens is 2. The van der Waals surface area contributed by atoms with Crippen LogP contribution in [0, 0.1) is 0 Å². The molecule has 0 bridgehead atoms. The largest absolute Gasteiger partial charge is 0.381 e. The van der Waals surface area contributed by atoms with Gasteiger partial charge in [-0.1, -0.05) is 0 Å². The molecule has 2 saturated carbocycles. The fourth-order valence-corrected chi connectivity index (χ4v) is 1.08. The summed E-state index contributed by atoms with van der Waals surface area (Å²) < 4.78 is 33.3. The standard InChI is InChI=1S/C5H8F2O.C4H8O/c1-8-4-2-5(6,7)3-4;1-5-4-2-3-4/h4H,2-3H2,1H3;4H,2-3H2,1H3. The molecule has 0 aliphatic heterocycles. The van der Waals surface area contributed by atoms with Crippen molar-refractivity contribution in [3.05, 3.63) is 0 Å². The fourth-order valence-electron chi connectivity index (χ4n) is 1.08. The summed E-state index contributed by atoms with van der Waals surface area (Å²) in [4.78, 5) is 0. The van der Waals surface area contributed by atoms with E-state index in [0.29, 0.717) is 6.10 Å². The van der Waals surface area contributed by atoms with Gasteiger partial charge in [-0.25, -0.2) is 8.78 Å². The summed E-state index contributed by atoms with van der Waals surface area (Å²) in [6.07, 6.45) is 2.83. The monoisotopic (exact) mass is 194 g/mol. The Morgan fingerprint density at radius 3 is 1.54 bits per heavy atom. The Hall–Kier alpha value is -0.220. The number of ether oxygens (including phenoxy) is 2. The molecule has 0 unspecified atom stereocenters. The van der Waals surface area contributed by atoms with Crippen molar-refractivity contribution in [3.8, 4) is 0 Å². The molecule has 0 N–H and O–H groups in total. The highest BCUT2D eigenvalue weighted by atomic mass is 19.3. The van der Waals surface area contributed by atoms with Gasteiger partial charge in [0.1, 0.15) is 0 Å². The van der Waals surface area contributed by atoms with Gasteiger partial charge < -0.3 is 9.47 Å². The normalized spacial score (nSPS) is 25.8. The van der Waals surface area contributed by atoms with E-state index in [4.69, 9.17) is 4.74 Å². The molecule has 2 aliphatic carbocycles. The topological polar surface area (TPSA) is 18.5 Å². The number of rotatable bonds is 2. The third-order valence-corrected chi connectivity index (χ3v) is 2.24. The first-order valence-electron chi connectivity index (χ1n) is 4.51. The Balaban J connectivity index is 0.000000145. The second-order valence-electron chi connectivity index (χ2n) is 3.56. The number of hydrogen-bond acceptors (Lipinski definition) is 2. The first-order chi connectivity index (χ1) is 6.07. The lowest BCUT2D eigenvalue weighted by Crippen LogP contribution is -2.40. The lowest BCUT2D eigenvalue weighted by atomic mass is 9.91. The second-order valence-corrected chi connectivity index (χ2v) is 3.56. The Morgan fingerprint density at radius 2 is 1.46 bits per heavy atom. The van der Waals surface area contributed by atoms with Crippen molar-refractivity contribution in [2.24, 2.45) is 0 Å². The summed E-state index contributed by atoms with van der Waals surface area (Å²) in [6, 6.07) is 0. The maximum Gasteiger partial charge on any atom is 0.253 e. The van der Waals surface area contributed by atoms with Crippen LogP contribution in [0.2, 0.25) is 0 Å². The quantitative estimate of drug-likeness (QED) is 0.671. The van der Waals surface area contributed by atoms with Gasteiger partial charge in [-0.15, -0.1) is 0 Å². The highest BCUT2D eigenvalue weighted by Crippen LogP contribution is 2.38. The number of alkyl halides is 2. The van der Waals surface area contributed by atoms with Crippen LogP contribution in [0.3, 0.4) is 0 Å². The molecule has 2 rings (SSSR count). The molecular weight excluding hydrogens is 178 g/mol. The third kappa shape index (κ3) is 4.00. The van der Waals surface area contributed by atoms with Gasteiger partial charge in [-0.2, -0.15) is 0 Å². The highest BCUT2D eigenvalue weighted by Gasteiger charge is 2.45. The maximum absolute atomic E-state index is 11.9. The van der Waals surface area contributed by atoms with Crippen LogP contribution in [0.4, 0.5) is 8.78 Å². The van der Waals surface area contributed by atoms with Crippen molar-refractivity contribution in [2.45, 2.75) is 43.8 Å². The SMILES string of the molecule is COC1CC(F)(F)C1.COC1CC1. The molecule has 0 saturated heterocycles. The van der Waals surface area contributed by atoms with Crippen LogP contribution in [-0.4, -0.2) is 32.4 Å². The molecule has 0 spiro atoms. The van der Waals surface area contributed by atoms with E-state index in [1.807, 2.05) is 0 Å². The van der Waals surface area contributed by atoms with Gasteiger partial charge in [-0.3, -0.25) is 0 Å². The van der Waals surface area contributed by atoms with Crippen molar-refractivity contribution in [1.29, 1.82) is 0 Å². The number of hydrogen-bond donors (Lipinski definition) is 0. The Kier molecular flexibility index (Phi) is 3.62. The Labute approximate surface area is 77.2 Å². The van der Waals surface area contributed by atoms with E-state index in [9.17, 15) is 8.78 Å². The molecule has 0 amide bonds. The molecule has 4 heteroatoms. The first-order valence-corrected chi connectivity index (χ1v) is 4.51. The zero-order chi connectivity index (χ0) is 9.90. The second kappa shape index (κ2) is 4.33. The predicted octanol–water partition coefficient (Wildman–Crippen LogP) is 2.23. The zero-order valence-corrected chi connectivity index (χ0v) is 8.06. The molecule has 13 heavy (non-hydrogen) atoms. The van der Waals surface area contributed by atoms with Gasteiger partial charge in [-0.05, 0) is 12.8 Å². The van der Waals surface area contributed by atoms with Gasteiger partial charge in [0, 0.05) is 27.1 Å². The van der Waals surface area contributed by atoms with Crippen LogP contribution in [0.5, 0.6) is 0 Å². The van der Waals surface area contributed by atoms with E-state index in [1.54, 1.807) is 7.11 Å². The predicted molar refractivity (Wildman–Crippen MR) is 45.0 cm³/mol. The van der Waals surface area contributed by atoms with E-state index in [-0.39, 0.29) is 18.9 Å². The van der Waals surface area contributed by atoms with Crippen molar-refractivity contribution in [3.63, 3.8) is 0 Å². The summed E-state index contributed by atoms with van der Waals surface area (Å²) in [5.41, 5.74) is 0. The lowest BCUT2D eigenvalue weighted by molar-refractivity contribution is -0.155. The van der Waals surface area contributed by atoms with E-state index in [2.05, 4.69) is 4.74 Å². The molecule has 2 fully saturated rings.